The van der Waals surface area contributed by atoms with E-state index in [1.165, 1.54) is 0 Å². The van der Waals surface area contributed by atoms with Gasteiger partial charge in [-0.1, -0.05) is 15.9 Å². The van der Waals surface area contributed by atoms with Gasteiger partial charge >= 0.3 is 0 Å². The zero-order chi connectivity index (χ0) is 13.4. The molecule has 0 aliphatic carbocycles. The molecule has 0 amide bonds. The Labute approximate surface area is 114 Å². The smallest absolute Gasteiger partial charge is 0.254 e. The van der Waals surface area contributed by atoms with Gasteiger partial charge in [-0.25, -0.2) is 4.98 Å². The van der Waals surface area contributed by atoms with Crippen LogP contribution in [-0.4, -0.2) is 9.97 Å². The highest BCUT2D eigenvalue weighted by Crippen LogP contribution is 2.26. The van der Waals surface area contributed by atoms with Gasteiger partial charge in [0, 0.05) is 21.3 Å². The summed E-state index contributed by atoms with van der Waals surface area (Å²) in [4.78, 5) is 19.0. The summed E-state index contributed by atoms with van der Waals surface area (Å²) in [7, 11) is 0. The largest absolute Gasteiger partial charge is 0.306 e. The van der Waals surface area contributed by atoms with Crippen LogP contribution in [0, 0.1) is 27.7 Å². The number of nitrogens with one attached hydrogen (secondary N) is 1. The van der Waals surface area contributed by atoms with Crippen molar-refractivity contribution >= 4 is 15.9 Å². The number of rotatable bonds is 1. The van der Waals surface area contributed by atoms with Crippen molar-refractivity contribution in [3.8, 4) is 11.4 Å². The van der Waals surface area contributed by atoms with Crippen LogP contribution in [0.5, 0.6) is 0 Å². The molecule has 2 rings (SSSR count). The Hall–Kier alpha value is -1.42. The summed E-state index contributed by atoms with van der Waals surface area (Å²) in [6.45, 7) is 7.69. The lowest BCUT2D eigenvalue weighted by Gasteiger charge is -2.08. The number of hydrogen-bond acceptors (Lipinski definition) is 2. The lowest BCUT2D eigenvalue weighted by atomic mass is 10.1. The van der Waals surface area contributed by atoms with Crippen molar-refractivity contribution in [1.29, 1.82) is 0 Å². The highest BCUT2D eigenvalue weighted by atomic mass is 79.9. The topological polar surface area (TPSA) is 45.8 Å². The first-order valence-electron chi connectivity index (χ1n) is 5.75. The zero-order valence-electron chi connectivity index (χ0n) is 10.9. The monoisotopic (exact) mass is 306 g/mol. The second kappa shape index (κ2) is 4.69. The summed E-state index contributed by atoms with van der Waals surface area (Å²) < 4.78 is 1.09. The number of benzene rings is 1. The molecule has 1 heterocycles. The van der Waals surface area contributed by atoms with Gasteiger partial charge < -0.3 is 4.98 Å². The summed E-state index contributed by atoms with van der Waals surface area (Å²) >= 11 is 3.53. The highest BCUT2D eigenvalue weighted by molar-refractivity contribution is 9.10. The van der Waals surface area contributed by atoms with Crippen LogP contribution < -0.4 is 5.56 Å². The molecule has 0 saturated carbocycles. The highest BCUT2D eigenvalue weighted by Gasteiger charge is 2.08. The predicted octanol–water partition coefficient (Wildman–Crippen LogP) is 3.43. The lowest BCUT2D eigenvalue weighted by Crippen LogP contribution is -2.14. The molecule has 1 aromatic heterocycles. The fourth-order valence-corrected chi connectivity index (χ4v) is 2.09. The summed E-state index contributed by atoms with van der Waals surface area (Å²) in [5, 5.41) is 0. The summed E-state index contributed by atoms with van der Waals surface area (Å²) in [6, 6.07) is 4.04. The molecule has 3 nitrogen and oxygen atoms in total. The summed E-state index contributed by atoms with van der Waals surface area (Å²) in [5.74, 6) is 0.627. The van der Waals surface area contributed by atoms with E-state index in [1.807, 2.05) is 32.9 Å². The fourth-order valence-electron chi connectivity index (χ4n) is 1.86. The number of hydrogen-bond donors (Lipinski definition) is 1. The van der Waals surface area contributed by atoms with Gasteiger partial charge in [0.15, 0.2) is 0 Å². The van der Waals surface area contributed by atoms with Crippen molar-refractivity contribution in [2.75, 3.05) is 0 Å². The molecule has 2 aromatic rings. The van der Waals surface area contributed by atoms with Gasteiger partial charge in [0.25, 0.3) is 5.56 Å². The van der Waals surface area contributed by atoms with E-state index in [1.54, 1.807) is 6.92 Å². The Kier molecular flexibility index (Phi) is 3.39. The molecule has 0 aliphatic heterocycles. The van der Waals surface area contributed by atoms with Gasteiger partial charge in [-0.2, -0.15) is 0 Å². The average Bonchev–Trinajstić information content (AvgIpc) is 2.31. The number of nitrogens with zero attached hydrogens (tertiary/aromatic N) is 1. The van der Waals surface area contributed by atoms with Crippen molar-refractivity contribution in [2.24, 2.45) is 0 Å². The van der Waals surface area contributed by atoms with Crippen molar-refractivity contribution in [2.45, 2.75) is 27.7 Å². The van der Waals surface area contributed by atoms with Crippen LogP contribution in [-0.2, 0) is 0 Å². The van der Waals surface area contributed by atoms with Crippen LogP contribution in [0.15, 0.2) is 21.4 Å². The number of aromatic amines is 1. The third-order valence-corrected chi connectivity index (χ3v) is 4.36. The van der Waals surface area contributed by atoms with Crippen molar-refractivity contribution < 1.29 is 0 Å². The summed E-state index contributed by atoms with van der Waals surface area (Å²) in [5.41, 5.74) is 4.57. The standard InChI is InChI=1S/C14H15BrN2O/c1-7-5-11(6-8(2)12(7)15)13-16-10(4)9(3)14(18)17-13/h5-6H,1-4H3,(H,16,17,18). The molecule has 0 atom stereocenters. The van der Waals surface area contributed by atoms with E-state index >= 15 is 0 Å². The molecule has 1 aromatic carbocycles. The molecule has 0 fully saturated rings. The first-order chi connectivity index (χ1) is 8.40. The molecule has 0 radical (unpaired) electrons. The maximum atomic E-state index is 11.8. The van der Waals surface area contributed by atoms with Gasteiger partial charge in [-0.15, -0.1) is 0 Å². The first kappa shape index (κ1) is 13.0. The van der Waals surface area contributed by atoms with Crippen LogP contribution in [0.1, 0.15) is 22.4 Å². The molecule has 1 N–H and O–H groups in total. The van der Waals surface area contributed by atoms with E-state index in [0.717, 1.165) is 26.9 Å². The lowest BCUT2D eigenvalue weighted by molar-refractivity contribution is 1.03. The maximum Gasteiger partial charge on any atom is 0.254 e. The number of aryl methyl sites for hydroxylation is 3. The maximum absolute atomic E-state index is 11.8. The number of aromatic nitrogens is 2. The van der Waals surface area contributed by atoms with E-state index in [9.17, 15) is 4.79 Å². The zero-order valence-corrected chi connectivity index (χ0v) is 12.5. The predicted molar refractivity (Wildman–Crippen MR) is 76.9 cm³/mol. The van der Waals surface area contributed by atoms with Crippen molar-refractivity contribution in [1.82, 2.24) is 9.97 Å². The number of halogens is 1. The fraction of sp³-hybridized carbons (Fsp3) is 0.286. The third-order valence-electron chi connectivity index (χ3n) is 3.10. The Balaban J connectivity index is 2.66. The quantitative estimate of drug-likeness (QED) is 0.877. The SMILES string of the molecule is Cc1cc(-c2nc(C)c(C)c(=O)[nH]2)cc(C)c1Br. The Morgan fingerprint density at radius 1 is 1.11 bits per heavy atom. The minimum absolute atomic E-state index is 0.0734. The second-order valence-electron chi connectivity index (χ2n) is 4.55. The van der Waals surface area contributed by atoms with E-state index in [0.29, 0.717) is 11.4 Å². The number of H-pyrrole nitrogens is 1. The Morgan fingerprint density at radius 3 is 2.17 bits per heavy atom. The van der Waals surface area contributed by atoms with Crippen molar-refractivity contribution in [3.63, 3.8) is 0 Å². The van der Waals surface area contributed by atoms with Crippen LogP contribution >= 0.6 is 15.9 Å². The van der Waals surface area contributed by atoms with Crippen LogP contribution in [0.3, 0.4) is 0 Å². The normalized spacial score (nSPS) is 10.7. The molecule has 18 heavy (non-hydrogen) atoms. The molecule has 0 aliphatic rings. The van der Waals surface area contributed by atoms with Crippen molar-refractivity contribution in [3.05, 3.63) is 49.3 Å². The Bertz CT molecular complexity index is 651. The van der Waals surface area contributed by atoms with E-state index in [-0.39, 0.29) is 5.56 Å². The Morgan fingerprint density at radius 2 is 1.67 bits per heavy atom. The minimum Gasteiger partial charge on any atom is -0.306 e. The van der Waals surface area contributed by atoms with Gasteiger partial charge in [0.2, 0.25) is 0 Å². The van der Waals surface area contributed by atoms with E-state index in [4.69, 9.17) is 0 Å². The average molecular weight is 307 g/mol. The summed E-state index contributed by atoms with van der Waals surface area (Å²) in [6.07, 6.45) is 0. The van der Waals surface area contributed by atoms with Gasteiger partial charge in [-0.3, -0.25) is 4.79 Å². The molecule has 0 unspecified atom stereocenters. The van der Waals surface area contributed by atoms with Gasteiger partial charge in [-0.05, 0) is 51.0 Å². The molecule has 0 spiro atoms. The molecular formula is C14H15BrN2O. The van der Waals surface area contributed by atoms with Crippen LogP contribution in [0.25, 0.3) is 11.4 Å². The van der Waals surface area contributed by atoms with Crippen LogP contribution in [0.4, 0.5) is 0 Å². The molecule has 94 valence electrons. The van der Waals surface area contributed by atoms with Gasteiger partial charge in [0.05, 0.1) is 0 Å². The molecule has 0 saturated heterocycles. The van der Waals surface area contributed by atoms with Crippen LogP contribution in [0.2, 0.25) is 0 Å². The second-order valence-corrected chi connectivity index (χ2v) is 5.34. The third kappa shape index (κ3) is 2.25. The van der Waals surface area contributed by atoms with E-state index < -0.39 is 0 Å². The molecule has 0 bridgehead atoms. The minimum atomic E-state index is -0.0734. The first-order valence-corrected chi connectivity index (χ1v) is 6.54. The molecule has 4 heteroatoms. The van der Waals surface area contributed by atoms with Gasteiger partial charge in [0.1, 0.15) is 5.82 Å². The molecular weight excluding hydrogens is 292 g/mol. The van der Waals surface area contributed by atoms with E-state index in [2.05, 4.69) is 25.9 Å².